The normalized spacial score (nSPS) is 10.1. The van der Waals surface area contributed by atoms with Gasteiger partial charge in [-0.3, -0.25) is 0 Å². The molecule has 0 radical (unpaired) electrons. The van der Waals surface area contributed by atoms with Gasteiger partial charge in [0.2, 0.25) is 0 Å². The Balaban J connectivity index is 2.18. The molecule has 0 aromatic carbocycles. The number of aromatic nitrogens is 1. The van der Waals surface area contributed by atoms with E-state index < -0.39 is 0 Å². The Labute approximate surface area is 89.1 Å². The van der Waals surface area contributed by atoms with E-state index in [0.717, 1.165) is 31.6 Å². The first-order chi connectivity index (χ1) is 6.83. The van der Waals surface area contributed by atoms with E-state index in [-0.39, 0.29) is 6.61 Å². The highest BCUT2D eigenvalue weighted by molar-refractivity contribution is 6.29. The summed E-state index contributed by atoms with van der Waals surface area (Å²) in [5.41, 5.74) is 0. The summed E-state index contributed by atoms with van der Waals surface area (Å²) in [6, 6.07) is 5.50. The van der Waals surface area contributed by atoms with Gasteiger partial charge in [-0.15, -0.1) is 0 Å². The molecule has 14 heavy (non-hydrogen) atoms. The third-order valence-electron chi connectivity index (χ3n) is 1.86. The number of anilines is 1. The summed E-state index contributed by atoms with van der Waals surface area (Å²) in [4.78, 5) is 4.10. The molecule has 0 spiro atoms. The molecule has 0 bridgehead atoms. The predicted octanol–water partition coefficient (Wildman–Crippen LogP) is 2.31. The molecular weight excluding hydrogens is 200 g/mol. The van der Waals surface area contributed by atoms with E-state index >= 15 is 0 Å². The van der Waals surface area contributed by atoms with E-state index in [1.165, 1.54) is 0 Å². The van der Waals surface area contributed by atoms with Gasteiger partial charge < -0.3 is 10.4 Å². The van der Waals surface area contributed by atoms with Crippen molar-refractivity contribution in [1.82, 2.24) is 4.98 Å². The highest BCUT2D eigenvalue weighted by Crippen LogP contribution is 2.09. The number of nitrogens with one attached hydrogen (secondary N) is 1. The van der Waals surface area contributed by atoms with Gasteiger partial charge in [-0.05, 0) is 31.4 Å². The standard InChI is InChI=1S/C10H15ClN2O/c11-9-5-4-6-10(13-9)12-7-2-1-3-8-14/h4-6,14H,1-3,7-8H2,(H,12,13). The first kappa shape index (κ1) is 11.3. The molecule has 0 aliphatic heterocycles. The number of unbranched alkanes of at least 4 members (excludes halogenated alkanes) is 2. The minimum Gasteiger partial charge on any atom is -0.396 e. The molecule has 1 aromatic rings. The number of hydrogen-bond donors (Lipinski definition) is 2. The molecular formula is C10H15ClN2O. The van der Waals surface area contributed by atoms with Gasteiger partial charge in [-0.25, -0.2) is 4.98 Å². The zero-order chi connectivity index (χ0) is 10.2. The fraction of sp³-hybridized carbons (Fsp3) is 0.500. The molecule has 0 aliphatic rings. The number of hydrogen-bond acceptors (Lipinski definition) is 3. The Morgan fingerprint density at radius 3 is 2.86 bits per heavy atom. The molecule has 0 aliphatic carbocycles. The van der Waals surface area contributed by atoms with Crippen LogP contribution in [0, 0.1) is 0 Å². The monoisotopic (exact) mass is 214 g/mol. The van der Waals surface area contributed by atoms with Crippen molar-refractivity contribution in [2.45, 2.75) is 19.3 Å². The summed E-state index contributed by atoms with van der Waals surface area (Å²) < 4.78 is 0. The van der Waals surface area contributed by atoms with Gasteiger partial charge in [0, 0.05) is 13.2 Å². The van der Waals surface area contributed by atoms with Crippen LogP contribution in [0.5, 0.6) is 0 Å². The van der Waals surface area contributed by atoms with Crippen LogP contribution in [0.4, 0.5) is 5.82 Å². The molecule has 0 saturated heterocycles. The minimum absolute atomic E-state index is 0.273. The molecule has 2 N–H and O–H groups in total. The summed E-state index contributed by atoms with van der Waals surface area (Å²) in [6.45, 7) is 1.14. The maximum absolute atomic E-state index is 8.57. The number of nitrogens with zero attached hydrogens (tertiary/aromatic N) is 1. The summed E-state index contributed by atoms with van der Waals surface area (Å²) in [5, 5.41) is 12.2. The fourth-order valence-corrected chi connectivity index (χ4v) is 1.30. The Morgan fingerprint density at radius 1 is 1.29 bits per heavy atom. The molecule has 0 saturated carbocycles. The van der Waals surface area contributed by atoms with Gasteiger partial charge >= 0.3 is 0 Å². The Hall–Kier alpha value is -0.800. The molecule has 78 valence electrons. The van der Waals surface area contributed by atoms with Gasteiger partial charge in [0.1, 0.15) is 11.0 Å². The Kier molecular flexibility index (Phi) is 5.33. The van der Waals surface area contributed by atoms with E-state index in [4.69, 9.17) is 16.7 Å². The highest BCUT2D eigenvalue weighted by atomic mass is 35.5. The van der Waals surface area contributed by atoms with Crippen LogP contribution in [0.1, 0.15) is 19.3 Å². The van der Waals surface area contributed by atoms with Crippen molar-refractivity contribution >= 4 is 17.4 Å². The van der Waals surface area contributed by atoms with Gasteiger partial charge in [-0.1, -0.05) is 17.7 Å². The third kappa shape index (κ3) is 4.44. The summed E-state index contributed by atoms with van der Waals surface area (Å²) in [6.07, 6.45) is 2.93. The van der Waals surface area contributed by atoms with Crippen LogP contribution in [0.15, 0.2) is 18.2 Å². The molecule has 4 heteroatoms. The maximum Gasteiger partial charge on any atom is 0.131 e. The van der Waals surface area contributed by atoms with Crippen molar-refractivity contribution in [3.8, 4) is 0 Å². The number of aliphatic hydroxyl groups excluding tert-OH is 1. The van der Waals surface area contributed by atoms with E-state index in [1.54, 1.807) is 6.07 Å². The molecule has 0 fully saturated rings. The fourth-order valence-electron chi connectivity index (χ4n) is 1.14. The van der Waals surface area contributed by atoms with Gasteiger partial charge in [0.25, 0.3) is 0 Å². The van der Waals surface area contributed by atoms with Crippen LogP contribution >= 0.6 is 11.6 Å². The lowest BCUT2D eigenvalue weighted by Crippen LogP contribution is -2.03. The number of pyridine rings is 1. The molecule has 0 unspecified atom stereocenters. The largest absolute Gasteiger partial charge is 0.396 e. The zero-order valence-electron chi connectivity index (χ0n) is 8.04. The van der Waals surface area contributed by atoms with Crippen LogP contribution in [0.3, 0.4) is 0 Å². The second-order valence-corrected chi connectivity index (χ2v) is 3.44. The maximum atomic E-state index is 8.57. The SMILES string of the molecule is OCCCCCNc1cccc(Cl)n1. The second kappa shape index (κ2) is 6.62. The van der Waals surface area contributed by atoms with Crippen LogP contribution in [0.2, 0.25) is 5.15 Å². The average molecular weight is 215 g/mol. The lowest BCUT2D eigenvalue weighted by atomic mass is 10.2. The lowest BCUT2D eigenvalue weighted by Gasteiger charge is -2.04. The molecule has 1 heterocycles. The van der Waals surface area contributed by atoms with E-state index in [0.29, 0.717) is 5.15 Å². The lowest BCUT2D eigenvalue weighted by molar-refractivity contribution is 0.283. The van der Waals surface area contributed by atoms with Crippen LogP contribution in [-0.2, 0) is 0 Å². The van der Waals surface area contributed by atoms with Crippen LogP contribution in [-0.4, -0.2) is 23.2 Å². The highest BCUT2D eigenvalue weighted by Gasteiger charge is 1.94. The summed E-state index contributed by atoms with van der Waals surface area (Å²) >= 11 is 5.72. The van der Waals surface area contributed by atoms with E-state index in [9.17, 15) is 0 Å². The summed E-state index contributed by atoms with van der Waals surface area (Å²) in [7, 11) is 0. The first-order valence-corrected chi connectivity index (χ1v) is 5.18. The van der Waals surface area contributed by atoms with E-state index in [1.807, 2.05) is 12.1 Å². The van der Waals surface area contributed by atoms with Gasteiger partial charge in [0.05, 0.1) is 0 Å². The van der Waals surface area contributed by atoms with Crippen LogP contribution in [0.25, 0.3) is 0 Å². The molecule has 0 atom stereocenters. The Morgan fingerprint density at radius 2 is 2.14 bits per heavy atom. The Bertz CT molecular complexity index is 268. The predicted molar refractivity (Wildman–Crippen MR) is 58.7 cm³/mol. The average Bonchev–Trinajstić information content (AvgIpc) is 2.18. The summed E-state index contributed by atoms with van der Waals surface area (Å²) in [5.74, 6) is 0.807. The van der Waals surface area contributed by atoms with Crippen molar-refractivity contribution in [2.24, 2.45) is 0 Å². The number of aliphatic hydroxyl groups is 1. The van der Waals surface area contributed by atoms with Crippen molar-refractivity contribution in [2.75, 3.05) is 18.5 Å². The number of rotatable bonds is 6. The van der Waals surface area contributed by atoms with Crippen LogP contribution < -0.4 is 5.32 Å². The quantitative estimate of drug-likeness (QED) is 0.564. The van der Waals surface area contributed by atoms with Gasteiger partial charge in [-0.2, -0.15) is 0 Å². The third-order valence-corrected chi connectivity index (χ3v) is 2.07. The number of halogens is 1. The van der Waals surface area contributed by atoms with Crippen molar-refractivity contribution in [3.05, 3.63) is 23.4 Å². The molecule has 1 aromatic heterocycles. The molecule has 1 rings (SSSR count). The van der Waals surface area contributed by atoms with Gasteiger partial charge in [0.15, 0.2) is 0 Å². The second-order valence-electron chi connectivity index (χ2n) is 3.06. The molecule has 0 amide bonds. The molecule has 3 nitrogen and oxygen atoms in total. The smallest absolute Gasteiger partial charge is 0.131 e. The van der Waals surface area contributed by atoms with E-state index in [2.05, 4.69) is 10.3 Å². The topological polar surface area (TPSA) is 45.1 Å². The minimum atomic E-state index is 0.273. The van der Waals surface area contributed by atoms with Crippen molar-refractivity contribution < 1.29 is 5.11 Å². The zero-order valence-corrected chi connectivity index (χ0v) is 8.80. The first-order valence-electron chi connectivity index (χ1n) is 4.80. The van der Waals surface area contributed by atoms with Crippen molar-refractivity contribution in [3.63, 3.8) is 0 Å². The van der Waals surface area contributed by atoms with Crippen molar-refractivity contribution in [1.29, 1.82) is 0 Å².